The Bertz CT molecular complexity index is 1400. The number of sulfonamides is 1. The standard InChI is InChI=1S/C32H46N4O6S/c1-4-23-26-17-21(37)9-12-32(26,3)25-10-13-31(2)20(5-7-24(31)28(25)29(23)38)11-16-42-30(39)35-43(40,41)22-6-8-27(34-18-22)36-15-14-33-19-36/h6,8,14-15,18-21,23-26,28-29,37-38H,4-5,7,9-13,16-17H2,1-3H3,(H,35,39)/t20-,21-,23-,24+,25+,26+,28+,29-,31-,32-/m1/s1. The molecule has 4 aliphatic rings. The van der Waals surface area contributed by atoms with Gasteiger partial charge in [0.1, 0.15) is 17.0 Å². The number of ether oxygens (including phenoxy) is 1. The highest BCUT2D eigenvalue weighted by molar-refractivity contribution is 7.90. The van der Waals surface area contributed by atoms with Crippen LogP contribution in [-0.4, -0.2) is 58.1 Å². The highest BCUT2D eigenvalue weighted by Gasteiger charge is 2.64. The van der Waals surface area contributed by atoms with Crippen LogP contribution < -0.4 is 4.72 Å². The van der Waals surface area contributed by atoms with Gasteiger partial charge in [0.2, 0.25) is 0 Å². The Morgan fingerprint density at radius 2 is 1.86 bits per heavy atom. The van der Waals surface area contributed by atoms with Crippen LogP contribution in [-0.2, 0) is 14.8 Å². The van der Waals surface area contributed by atoms with E-state index in [1.54, 1.807) is 23.3 Å². The van der Waals surface area contributed by atoms with Gasteiger partial charge in [-0.3, -0.25) is 4.57 Å². The summed E-state index contributed by atoms with van der Waals surface area (Å²) in [5.41, 5.74) is 0.206. The van der Waals surface area contributed by atoms with Crippen LogP contribution in [0.15, 0.2) is 41.9 Å². The third-order valence-corrected chi connectivity index (χ3v) is 13.6. The number of aromatic nitrogens is 3. The molecule has 0 spiro atoms. The molecular weight excluding hydrogens is 568 g/mol. The van der Waals surface area contributed by atoms with Gasteiger partial charge in [0, 0.05) is 18.6 Å². The molecule has 4 aliphatic carbocycles. The van der Waals surface area contributed by atoms with Crippen molar-refractivity contribution < 1.29 is 28.2 Å². The fourth-order valence-electron chi connectivity index (χ4n) is 10.1. The summed E-state index contributed by atoms with van der Waals surface area (Å²) in [6, 6.07) is 2.92. The summed E-state index contributed by atoms with van der Waals surface area (Å²) in [5, 5.41) is 22.3. The average molecular weight is 615 g/mol. The lowest BCUT2D eigenvalue weighted by Crippen LogP contribution is -2.62. The highest BCUT2D eigenvalue weighted by Crippen LogP contribution is 2.69. The smallest absolute Gasteiger partial charge is 0.421 e. The number of hydrogen-bond donors (Lipinski definition) is 3. The van der Waals surface area contributed by atoms with E-state index in [2.05, 4.69) is 30.7 Å². The molecule has 2 aromatic heterocycles. The van der Waals surface area contributed by atoms with Gasteiger partial charge in [-0.15, -0.1) is 0 Å². The molecule has 10 nitrogen and oxygen atoms in total. The number of hydrogen-bond acceptors (Lipinski definition) is 8. The molecule has 0 bridgehead atoms. The van der Waals surface area contributed by atoms with Gasteiger partial charge < -0.3 is 14.9 Å². The Morgan fingerprint density at radius 1 is 1.09 bits per heavy atom. The summed E-state index contributed by atoms with van der Waals surface area (Å²) < 4.78 is 34.5. The number of nitrogens with one attached hydrogen (secondary N) is 1. The van der Waals surface area contributed by atoms with E-state index in [1.165, 1.54) is 18.3 Å². The summed E-state index contributed by atoms with van der Waals surface area (Å²) in [5.74, 6) is 2.57. The molecule has 43 heavy (non-hydrogen) atoms. The van der Waals surface area contributed by atoms with Crippen molar-refractivity contribution >= 4 is 16.1 Å². The normalized spacial score (nSPS) is 38.9. The molecule has 0 aromatic carbocycles. The van der Waals surface area contributed by atoms with Crippen molar-refractivity contribution in [3.63, 3.8) is 0 Å². The van der Waals surface area contributed by atoms with Crippen LogP contribution in [0.3, 0.4) is 0 Å². The van der Waals surface area contributed by atoms with Gasteiger partial charge in [0.25, 0.3) is 10.0 Å². The van der Waals surface area contributed by atoms with Crippen molar-refractivity contribution in [2.75, 3.05) is 6.61 Å². The molecule has 6 rings (SSSR count). The zero-order valence-corrected chi connectivity index (χ0v) is 26.2. The third kappa shape index (κ3) is 5.29. The lowest BCUT2D eigenvalue weighted by Gasteiger charge is -2.64. The predicted octanol–water partition coefficient (Wildman–Crippen LogP) is 4.70. The zero-order valence-electron chi connectivity index (χ0n) is 25.4. The second kappa shape index (κ2) is 11.5. The summed E-state index contributed by atoms with van der Waals surface area (Å²) in [4.78, 5) is 20.5. The molecule has 4 saturated carbocycles. The van der Waals surface area contributed by atoms with Crippen LogP contribution in [0.1, 0.15) is 78.6 Å². The number of nitrogens with zero attached hydrogens (tertiary/aromatic N) is 3. The molecule has 10 atom stereocenters. The molecule has 0 aliphatic heterocycles. The topological polar surface area (TPSA) is 144 Å². The van der Waals surface area contributed by atoms with Gasteiger partial charge in [-0.1, -0.05) is 27.2 Å². The van der Waals surface area contributed by atoms with Crippen molar-refractivity contribution in [1.29, 1.82) is 0 Å². The van der Waals surface area contributed by atoms with E-state index < -0.39 is 16.1 Å². The Hall–Kier alpha value is -2.50. The first-order valence-corrected chi connectivity index (χ1v) is 17.5. The van der Waals surface area contributed by atoms with Crippen LogP contribution in [0.5, 0.6) is 0 Å². The van der Waals surface area contributed by atoms with Crippen LogP contribution in [0, 0.1) is 46.3 Å². The van der Waals surface area contributed by atoms with E-state index >= 15 is 0 Å². The molecule has 2 heterocycles. The summed E-state index contributed by atoms with van der Waals surface area (Å²) >= 11 is 0. The maximum absolute atomic E-state index is 12.8. The van der Waals surface area contributed by atoms with Gasteiger partial charge >= 0.3 is 6.09 Å². The highest BCUT2D eigenvalue weighted by atomic mass is 32.2. The first kappa shape index (κ1) is 30.5. The number of aliphatic hydroxyl groups is 2. The number of pyridine rings is 1. The average Bonchev–Trinajstić information content (AvgIpc) is 3.63. The van der Waals surface area contributed by atoms with Gasteiger partial charge in [-0.25, -0.2) is 27.9 Å². The quantitative estimate of drug-likeness (QED) is 0.407. The third-order valence-electron chi connectivity index (χ3n) is 12.3. The lowest BCUT2D eigenvalue weighted by atomic mass is 9.41. The van der Waals surface area contributed by atoms with Gasteiger partial charge in [0.05, 0.1) is 18.8 Å². The zero-order chi connectivity index (χ0) is 30.6. The largest absolute Gasteiger partial charge is 0.449 e. The van der Waals surface area contributed by atoms with Gasteiger partial charge in [-0.05, 0) is 110 Å². The molecule has 0 saturated heterocycles. The fourth-order valence-corrected chi connectivity index (χ4v) is 10.9. The van der Waals surface area contributed by atoms with Crippen LogP contribution in [0.4, 0.5) is 4.79 Å². The SMILES string of the molecule is CC[C@H]1[C@@H](O)[C@@H]2[C@H](CC[C@]3(C)[C@@H](CCOC(=O)NS(=O)(=O)c4ccc(-n5ccnc5)nc4)CC[C@@H]23)[C@@]2(C)CC[C@@H](O)C[C@@H]12. The molecule has 11 heteroatoms. The number of carbonyl (C=O) groups excluding carboxylic acids is 1. The van der Waals surface area contributed by atoms with Crippen molar-refractivity contribution in [2.24, 2.45) is 46.3 Å². The number of carbonyl (C=O) groups is 1. The van der Waals surface area contributed by atoms with Crippen LogP contribution >= 0.6 is 0 Å². The maximum Gasteiger partial charge on any atom is 0.421 e. The Balaban J connectivity index is 1.07. The minimum Gasteiger partial charge on any atom is -0.449 e. The summed E-state index contributed by atoms with van der Waals surface area (Å²) in [7, 11) is -4.13. The molecular formula is C32H46N4O6S. The Morgan fingerprint density at radius 3 is 2.56 bits per heavy atom. The number of amides is 1. The molecule has 3 N–H and O–H groups in total. The predicted molar refractivity (Wildman–Crippen MR) is 159 cm³/mol. The minimum atomic E-state index is -4.13. The van der Waals surface area contributed by atoms with Gasteiger partial charge in [0.15, 0.2) is 0 Å². The molecule has 1 amide bonds. The molecule has 0 radical (unpaired) electrons. The minimum absolute atomic E-state index is 0.0480. The van der Waals surface area contributed by atoms with Crippen molar-refractivity contribution in [3.8, 4) is 5.82 Å². The second-order valence-corrected chi connectivity index (χ2v) is 15.7. The fraction of sp³-hybridized carbons (Fsp3) is 0.719. The van der Waals surface area contributed by atoms with E-state index in [1.807, 2.05) is 4.72 Å². The van der Waals surface area contributed by atoms with Crippen molar-refractivity contribution in [1.82, 2.24) is 19.3 Å². The Kier molecular flexibility index (Phi) is 8.13. The summed E-state index contributed by atoms with van der Waals surface area (Å²) in [6.07, 6.45) is 13.0. The van der Waals surface area contributed by atoms with E-state index in [-0.39, 0.29) is 46.4 Å². The molecule has 0 unspecified atom stereocenters. The Labute approximate surface area is 254 Å². The van der Waals surface area contributed by atoms with E-state index in [0.29, 0.717) is 35.9 Å². The molecule has 236 valence electrons. The maximum atomic E-state index is 12.8. The van der Waals surface area contributed by atoms with Crippen LogP contribution in [0.2, 0.25) is 0 Å². The van der Waals surface area contributed by atoms with E-state index in [0.717, 1.165) is 51.4 Å². The second-order valence-electron chi connectivity index (χ2n) is 14.1. The van der Waals surface area contributed by atoms with E-state index in [4.69, 9.17) is 4.74 Å². The first-order valence-electron chi connectivity index (χ1n) is 16.0. The molecule has 2 aromatic rings. The monoisotopic (exact) mass is 614 g/mol. The first-order chi connectivity index (χ1) is 20.5. The summed E-state index contributed by atoms with van der Waals surface area (Å²) in [6.45, 7) is 7.13. The lowest BCUT2D eigenvalue weighted by molar-refractivity contribution is -0.202. The number of imidazole rings is 1. The molecule has 4 fully saturated rings. The van der Waals surface area contributed by atoms with Gasteiger partial charge in [-0.2, -0.15) is 0 Å². The van der Waals surface area contributed by atoms with Crippen molar-refractivity contribution in [3.05, 3.63) is 37.1 Å². The van der Waals surface area contributed by atoms with E-state index in [9.17, 15) is 23.4 Å². The number of rotatable bonds is 7. The van der Waals surface area contributed by atoms with Crippen LogP contribution in [0.25, 0.3) is 5.82 Å². The number of aliphatic hydroxyl groups excluding tert-OH is 2. The number of fused-ring (bicyclic) bond motifs is 5. The van der Waals surface area contributed by atoms with Crippen molar-refractivity contribution in [2.45, 2.75) is 95.7 Å².